The summed E-state index contributed by atoms with van der Waals surface area (Å²) in [7, 11) is 0. The van der Waals surface area contributed by atoms with Crippen LogP contribution in [0.15, 0.2) is 24.5 Å². The maximum Gasteiger partial charge on any atom is 0.0270 e. The number of nitrogens with zero attached hydrogens (tertiary/aromatic N) is 1. The van der Waals surface area contributed by atoms with Crippen molar-refractivity contribution in [2.45, 2.75) is 39.5 Å². The van der Waals surface area contributed by atoms with Crippen molar-refractivity contribution in [1.82, 2.24) is 10.3 Å². The van der Waals surface area contributed by atoms with Gasteiger partial charge in [-0.2, -0.15) is 0 Å². The summed E-state index contributed by atoms with van der Waals surface area (Å²) in [4.78, 5) is 4.09. The molecule has 0 bridgehead atoms. The monoisotopic (exact) mass is 220 g/mol. The lowest BCUT2D eigenvalue weighted by atomic mass is 9.85. The van der Waals surface area contributed by atoms with Crippen molar-refractivity contribution in [2.24, 2.45) is 5.92 Å². The van der Waals surface area contributed by atoms with Gasteiger partial charge in [-0.05, 0) is 36.1 Å². The van der Waals surface area contributed by atoms with Gasteiger partial charge in [-0.25, -0.2) is 0 Å². The van der Waals surface area contributed by atoms with Crippen LogP contribution in [0.5, 0.6) is 0 Å². The first kappa shape index (κ1) is 13.2. The average Bonchev–Trinajstić information content (AvgIpc) is 2.31. The molecule has 0 aliphatic carbocycles. The van der Waals surface area contributed by atoms with E-state index in [9.17, 15) is 0 Å². The van der Waals surface area contributed by atoms with Crippen molar-refractivity contribution in [2.75, 3.05) is 13.1 Å². The highest BCUT2D eigenvalue weighted by atomic mass is 14.8. The maximum absolute atomic E-state index is 4.09. The van der Waals surface area contributed by atoms with E-state index in [1.54, 1.807) is 0 Å². The molecule has 2 unspecified atom stereocenters. The molecule has 1 aromatic heterocycles. The van der Waals surface area contributed by atoms with E-state index in [0.717, 1.165) is 19.0 Å². The van der Waals surface area contributed by atoms with E-state index in [-0.39, 0.29) is 0 Å². The Morgan fingerprint density at radius 2 is 1.94 bits per heavy atom. The molecule has 2 heteroatoms. The fourth-order valence-electron chi connectivity index (χ4n) is 2.21. The number of hydrogen-bond acceptors (Lipinski definition) is 2. The highest BCUT2D eigenvalue weighted by Gasteiger charge is 2.17. The quantitative estimate of drug-likeness (QED) is 0.763. The summed E-state index contributed by atoms with van der Waals surface area (Å²) < 4.78 is 0. The first-order valence-corrected chi connectivity index (χ1v) is 6.40. The fraction of sp³-hybridized carbons (Fsp3) is 0.643. The van der Waals surface area contributed by atoms with Crippen molar-refractivity contribution < 1.29 is 0 Å². The molecule has 2 nitrogen and oxygen atoms in total. The van der Waals surface area contributed by atoms with E-state index in [1.807, 2.05) is 12.4 Å². The van der Waals surface area contributed by atoms with Gasteiger partial charge >= 0.3 is 0 Å². The Morgan fingerprint density at radius 3 is 2.50 bits per heavy atom. The molecular weight excluding hydrogens is 196 g/mol. The Bertz CT molecular complexity index is 271. The Morgan fingerprint density at radius 1 is 1.25 bits per heavy atom. The summed E-state index contributed by atoms with van der Waals surface area (Å²) in [6.07, 6.45) is 6.34. The number of likely N-dealkylation sites (N-methyl/N-ethyl adjacent to an activating group) is 1. The van der Waals surface area contributed by atoms with Crippen LogP contribution in [0.1, 0.15) is 45.1 Å². The van der Waals surface area contributed by atoms with E-state index >= 15 is 0 Å². The lowest BCUT2D eigenvalue weighted by molar-refractivity contribution is 0.406. The Labute approximate surface area is 99.5 Å². The molecule has 0 amide bonds. The first-order valence-electron chi connectivity index (χ1n) is 6.40. The highest BCUT2D eigenvalue weighted by molar-refractivity contribution is 5.17. The third-order valence-electron chi connectivity index (χ3n) is 3.18. The Kier molecular flexibility index (Phi) is 6.09. The van der Waals surface area contributed by atoms with E-state index in [0.29, 0.717) is 5.92 Å². The largest absolute Gasteiger partial charge is 0.316 e. The molecule has 0 spiro atoms. The van der Waals surface area contributed by atoms with Crippen LogP contribution in [-0.2, 0) is 0 Å². The lowest BCUT2D eigenvalue weighted by Crippen LogP contribution is -2.25. The standard InChI is InChI=1S/C14H24N2/c1-4-6-12(3)14(11-15-5-2)13-7-9-16-10-8-13/h7-10,12,14-15H,4-6,11H2,1-3H3. The van der Waals surface area contributed by atoms with Gasteiger partial charge in [0, 0.05) is 18.9 Å². The van der Waals surface area contributed by atoms with Crippen LogP contribution in [0.3, 0.4) is 0 Å². The van der Waals surface area contributed by atoms with Gasteiger partial charge in [-0.15, -0.1) is 0 Å². The summed E-state index contributed by atoms with van der Waals surface area (Å²) in [6.45, 7) is 8.88. The van der Waals surface area contributed by atoms with Crippen LogP contribution < -0.4 is 5.32 Å². The van der Waals surface area contributed by atoms with Crippen LogP contribution in [0.25, 0.3) is 0 Å². The summed E-state index contributed by atoms with van der Waals surface area (Å²) in [5.74, 6) is 1.34. The van der Waals surface area contributed by atoms with Crippen molar-refractivity contribution in [1.29, 1.82) is 0 Å². The molecule has 0 saturated heterocycles. The van der Waals surface area contributed by atoms with Crippen LogP contribution in [0, 0.1) is 5.92 Å². The molecule has 0 fully saturated rings. The zero-order chi connectivity index (χ0) is 11.8. The van der Waals surface area contributed by atoms with E-state index in [4.69, 9.17) is 0 Å². The topological polar surface area (TPSA) is 24.9 Å². The molecular formula is C14H24N2. The molecule has 1 aromatic rings. The van der Waals surface area contributed by atoms with Crippen LogP contribution >= 0.6 is 0 Å². The predicted octanol–water partition coefficient (Wildman–Crippen LogP) is 3.21. The Hall–Kier alpha value is -0.890. The molecule has 0 aromatic carbocycles. The number of rotatable bonds is 7. The van der Waals surface area contributed by atoms with Gasteiger partial charge in [0.05, 0.1) is 0 Å². The average molecular weight is 220 g/mol. The minimum absolute atomic E-state index is 0.614. The Balaban J connectivity index is 2.70. The molecule has 0 aliphatic heterocycles. The second-order valence-electron chi connectivity index (χ2n) is 4.46. The summed E-state index contributed by atoms with van der Waals surface area (Å²) in [6, 6.07) is 4.29. The van der Waals surface area contributed by atoms with Crippen molar-refractivity contribution in [3.63, 3.8) is 0 Å². The summed E-state index contributed by atoms with van der Waals surface area (Å²) in [5, 5.41) is 3.47. The SMILES string of the molecule is CCCC(C)C(CNCC)c1ccncc1. The zero-order valence-electron chi connectivity index (χ0n) is 10.7. The number of nitrogens with one attached hydrogen (secondary N) is 1. The third-order valence-corrected chi connectivity index (χ3v) is 3.18. The zero-order valence-corrected chi connectivity index (χ0v) is 10.7. The summed E-state index contributed by atoms with van der Waals surface area (Å²) >= 11 is 0. The van der Waals surface area contributed by atoms with Gasteiger partial charge in [0.2, 0.25) is 0 Å². The van der Waals surface area contributed by atoms with Crippen LogP contribution in [0.4, 0.5) is 0 Å². The normalized spacial score (nSPS) is 14.7. The second-order valence-corrected chi connectivity index (χ2v) is 4.46. The van der Waals surface area contributed by atoms with Gasteiger partial charge < -0.3 is 5.32 Å². The van der Waals surface area contributed by atoms with Gasteiger partial charge in [0.25, 0.3) is 0 Å². The van der Waals surface area contributed by atoms with Gasteiger partial charge in [0.1, 0.15) is 0 Å². The molecule has 0 radical (unpaired) electrons. The van der Waals surface area contributed by atoms with E-state index in [1.165, 1.54) is 18.4 Å². The molecule has 0 saturated carbocycles. The minimum Gasteiger partial charge on any atom is -0.316 e. The van der Waals surface area contributed by atoms with Crippen LogP contribution in [0.2, 0.25) is 0 Å². The van der Waals surface area contributed by atoms with Gasteiger partial charge in [-0.3, -0.25) is 4.98 Å². The number of pyridine rings is 1. The molecule has 1 N–H and O–H groups in total. The van der Waals surface area contributed by atoms with Crippen LogP contribution in [-0.4, -0.2) is 18.1 Å². The van der Waals surface area contributed by atoms with Crippen molar-refractivity contribution >= 4 is 0 Å². The number of aromatic nitrogens is 1. The van der Waals surface area contributed by atoms with Gasteiger partial charge in [-0.1, -0.05) is 33.6 Å². The van der Waals surface area contributed by atoms with Gasteiger partial charge in [0.15, 0.2) is 0 Å². The smallest absolute Gasteiger partial charge is 0.0270 e. The highest BCUT2D eigenvalue weighted by Crippen LogP contribution is 2.26. The molecule has 0 aliphatic rings. The minimum atomic E-state index is 0.614. The predicted molar refractivity (Wildman–Crippen MR) is 69.6 cm³/mol. The first-order chi connectivity index (χ1) is 7.79. The van der Waals surface area contributed by atoms with E-state index < -0.39 is 0 Å². The van der Waals surface area contributed by atoms with Crippen molar-refractivity contribution in [3.05, 3.63) is 30.1 Å². The third kappa shape index (κ3) is 3.93. The second kappa shape index (κ2) is 7.39. The molecule has 16 heavy (non-hydrogen) atoms. The fourth-order valence-corrected chi connectivity index (χ4v) is 2.21. The van der Waals surface area contributed by atoms with Crippen molar-refractivity contribution in [3.8, 4) is 0 Å². The lowest BCUT2D eigenvalue weighted by Gasteiger charge is -2.24. The molecule has 2 atom stereocenters. The summed E-state index contributed by atoms with van der Waals surface area (Å²) in [5.41, 5.74) is 1.41. The molecule has 90 valence electrons. The number of hydrogen-bond donors (Lipinski definition) is 1. The van der Waals surface area contributed by atoms with E-state index in [2.05, 4.69) is 43.2 Å². The molecule has 1 heterocycles. The molecule has 1 rings (SSSR count). The maximum atomic E-state index is 4.09.